The molecule has 0 saturated carbocycles. The van der Waals surface area contributed by atoms with Crippen molar-refractivity contribution in [1.29, 1.82) is 0 Å². The number of hydrogen-bond acceptors (Lipinski definition) is 4. The van der Waals surface area contributed by atoms with E-state index in [0.29, 0.717) is 10.9 Å². The third-order valence-corrected chi connectivity index (χ3v) is 4.77. The van der Waals surface area contributed by atoms with E-state index in [4.69, 9.17) is 10.8 Å². The maximum absolute atomic E-state index is 12.2. The smallest absolute Gasteiger partial charge is 0.341 e. The van der Waals surface area contributed by atoms with Crippen molar-refractivity contribution in [1.82, 2.24) is 4.98 Å². The third-order valence-electron chi connectivity index (χ3n) is 4.77. The van der Waals surface area contributed by atoms with Gasteiger partial charge in [0.1, 0.15) is 5.56 Å². The Bertz CT molecular complexity index is 831. The van der Waals surface area contributed by atoms with Crippen LogP contribution in [0.25, 0.3) is 10.9 Å². The number of carboxylic acid groups (broad SMARTS) is 1. The molecule has 0 aliphatic carbocycles. The van der Waals surface area contributed by atoms with Gasteiger partial charge in [-0.15, -0.1) is 12.4 Å². The van der Waals surface area contributed by atoms with Crippen molar-refractivity contribution >= 4 is 35.0 Å². The number of fused-ring (bicyclic) bond motifs is 1. The molecule has 6 nitrogen and oxygen atoms in total. The van der Waals surface area contributed by atoms with Gasteiger partial charge in [0, 0.05) is 36.4 Å². The van der Waals surface area contributed by atoms with Gasteiger partial charge in [0.2, 0.25) is 5.43 Å². The molecule has 0 radical (unpaired) electrons. The van der Waals surface area contributed by atoms with E-state index < -0.39 is 11.4 Å². The zero-order valence-electron chi connectivity index (χ0n) is 13.7. The van der Waals surface area contributed by atoms with Crippen molar-refractivity contribution in [2.24, 2.45) is 11.1 Å². The predicted molar refractivity (Wildman–Crippen MR) is 97.4 cm³/mol. The minimum absolute atomic E-state index is 0. The number of hydrogen-bond donors (Lipinski definition) is 3. The molecule has 1 aromatic heterocycles. The molecule has 4 N–H and O–H groups in total. The highest BCUT2D eigenvalue weighted by atomic mass is 35.5. The molecule has 1 fully saturated rings. The first-order valence-corrected chi connectivity index (χ1v) is 7.69. The fourth-order valence-corrected chi connectivity index (χ4v) is 3.16. The fraction of sp³-hybridized carbons (Fsp3) is 0.412. The normalized spacial score (nSPS) is 19.8. The number of pyridine rings is 1. The Kier molecular flexibility index (Phi) is 4.92. The number of benzene rings is 1. The molecule has 1 atom stereocenters. The van der Waals surface area contributed by atoms with Gasteiger partial charge in [0.05, 0.1) is 5.52 Å². The summed E-state index contributed by atoms with van der Waals surface area (Å²) in [5, 5.41) is 9.42. The molecule has 1 saturated heterocycles. The van der Waals surface area contributed by atoms with Crippen LogP contribution in [0.4, 0.5) is 5.69 Å². The molecule has 130 valence electrons. The van der Waals surface area contributed by atoms with E-state index in [1.165, 1.54) is 6.20 Å². The fourth-order valence-electron chi connectivity index (χ4n) is 3.16. The molecule has 1 unspecified atom stereocenters. The summed E-state index contributed by atoms with van der Waals surface area (Å²) in [5.74, 6) is -1.22. The van der Waals surface area contributed by atoms with Crippen molar-refractivity contribution in [3.05, 3.63) is 40.2 Å². The molecule has 3 rings (SSSR count). The lowest BCUT2D eigenvalue weighted by molar-refractivity contribution is 0.0695. The highest BCUT2D eigenvalue weighted by Crippen LogP contribution is 2.31. The quantitative estimate of drug-likeness (QED) is 0.770. The molecule has 24 heavy (non-hydrogen) atoms. The Morgan fingerprint density at radius 3 is 2.75 bits per heavy atom. The van der Waals surface area contributed by atoms with E-state index in [1.807, 2.05) is 12.1 Å². The molecule has 1 aliphatic rings. The third kappa shape index (κ3) is 3.12. The van der Waals surface area contributed by atoms with Crippen molar-refractivity contribution in [2.75, 3.05) is 18.0 Å². The summed E-state index contributed by atoms with van der Waals surface area (Å²) in [6, 6.07) is 5.64. The van der Waals surface area contributed by atoms with Gasteiger partial charge in [-0.1, -0.05) is 13.8 Å². The summed E-state index contributed by atoms with van der Waals surface area (Å²) in [4.78, 5) is 28.4. The van der Waals surface area contributed by atoms with Crippen molar-refractivity contribution < 1.29 is 9.90 Å². The van der Waals surface area contributed by atoms with Crippen LogP contribution in [-0.2, 0) is 0 Å². The molecule has 7 heteroatoms. The predicted octanol–water partition coefficient (Wildman–Crippen LogP) is 2.21. The van der Waals surface area contributed by atoms with Gasteiger partial charge < -0.3 is 20.7 Å². The number of carboxylic acids is 1. The lowest BCUT2D eigenvalue weighted by atomic mass is 9.79. The number of anilines is 1. The largest absolute Gasteiger partial charge is 0.477 e. The van der Waals surface area contributed by atoms with Crippen LogP contribution in [0.15, 0.2) is 29.2 Å². The number of nitrogens with one attached hydrogen (secondary N) is 1. The first kappa shape index (κ1) is 18.3. The number of carbonyl (C=O) groups is 1. The summed E-state index contributed by atoms with van der Waals surface area (Å²) >= 11 is 0. The molecule has 0 amide bonds. The number of piperidine rings is 1. The summed E-state index contributed by atoms with van der Waals surface area (Å²) in [7, 11) is 0. The monoisotopic (exact) mass is 351 g/mol. The molecule has 1 aromatic carbocycles. The van der Waals surface area contributed by atoms with Gasteiger partial charge in [-0.2, -0.15) is 0 Å². The molecular formula is C17H22ClN3O3. The Morgan fingerprint density at radius 2 is 2.12 bits per heavy atom. The van der Waals surface area contributed by atoms with Crippen molar-refractivity contribution in [2.45, 2.75) is 26.3 Å². The van der Waals surface area contributed by atoms with E-state index in [0.717, 1.165) is 25.2 Å². The number of aromatic carboxylic acids is 1. The molecule has 0 bridgehead atoms. The van der Waals surface area contributed by atoms with E-state index in [-0.39, 0.29) is 29.4 Å². The molecular weight excluding hydrogens is 330 g/mol. The number of rotatable bonds is 2. The second-order valence-corrected chi connectivity index (χ2v) is 6.87. The second kappa shape index (κ2) is 6.45. The highest BCUT2D eigenvalue weighted by Gasteiger charge is 2.33. The summed E-state index contributed by atoms with van der Waals surface area (Å²) in [5.41, 5.74) is 7.15. The van der Waals surface area contributed by atoms with Crippen LogP contribution in [-0.4, -0.2) is 35.2 Å². The first-order chi connectivity index (χ1) is 10.8. The number of aromatic amines is 1. The maximum Gasteiger partial charge on any atom is 0.341 e. The molecule has 0 spiro atoms. The standard InChI is InChI=1S/C17H21N3O3.ClH/c1-17(2)9-20(6-5-14(17)18)10-3-4-11-13(7-10)19-8-12(15(11)21)16(22)23;/h3-4,7-8,14H,5-6,9,18H2,1-2H3,(H,19,21)(H,22,23);1H. The van der Waals surface area contributed by atoms with Crippen LogP contribution in [0.3, 0.4) is 0 Å². The van der Waals surface area contributed by atoms with E-state index in [9.17, 15) is 9.59 Å². The Balaban J connectivity index is 0.00000208. The van der Waals surface area contributed by atoms with Crippen molar-refractivity contribution in [3.8, 4) is 0 Å². The lowest BCUT2D eigenvalue weighted by Gasteiger charge is -2.43. The van der Waals surface area contributed by atoms with Gasteiger partial charge in [-0.05, 0) is 30.0 Å². The van der Waals surface area contributed by atoms with E-state index in [1.54, 1.807) is 6.07 Å². The first-order valence-electron chi connectivity index (χ1n) is 7.69. The molecule has 2 heterocycles. The van der Waals surface area contributed by atoms with Crippen LogP contribution in [0, 0.1) is 5.41 Å². The van der Waals surface area contributed by atoms with Gasteiger partial charge in [-0.3, -0.25) is 4.79 Å². The number of nitrogens with two attached hydrogens (primary N) is 1. The second-order valence-electron chi connectivity index (χ2n) is 6.87. The van der Waals surface area contributed by atoms with Gasteiger partial charge in [0.25, 0.3) is 0 Å². The average Bonchev–Trinajstić information content (AvgIpc) is 2.49. The van der Waals surface area contributed by atoms with E-state index >= 15 is 0 Å². The van der Waals surface area contributed by atoms with Crippen LogP contribution in [0.1, 0.15) is 30.6 Å². The van der Waals surface area contributed by atoms with Gasteiger partial charge in [-0.25, -0.2) is 4.79 Å². The van der Waals surface area contributed by atoms with Crippen LogP contribution < -0.4 is 16.1 Å². The zero-order valence-corrected chi connectivity index (χ0v) is 14.5. The van der Waals surface area contributed by atoms with E-state index in [2.05, 4.69) is 23.7 Å². The number of halogens is 1. The number of H-pyrrole nitrogens is 1. The van der Waals surface area contributed by atoms with Crippen LogP contribution in [0.2, 0.25) is 0 Å². The average molecular weight is 352 g/mol. The minimum Gasteiger partial charge on any atom is -0.477 e. The Morgan fingerprint density at radius 1 is 1.42 bits per heavy atom. The summed E-state index contributed by atoms with van der Waals surface area (Å²) in [6.45, 7) is 6.03. The van der Waals surface area contributed by atoms with Crippen molar-refractivity contribution in [3.63, 3.8) is 0 Å². The summed E-state index contributed by atoms with van der Waals surface area (Å²) in [6.07, 6.45) is 2.17. The highest BCUT2D eigenvalue weighted by molar-refractivity contribution is 5.93. The zero-order chi connectivity index (χ0) is 16.8. The van der Waals surface area contributed by atoms with Gasteiger partial charge in [0.15, 0.2) is 0 Å². The number of nitrogens with zero attached hydrogens (tertiary/aromatic N) is 1. The Labute approximate surface area is 146 Å². The SMILES string of the molecule is CC1(C)CN(c2ccc3c(=O)c(C(=O)O)c[nH]c3c2)CCC1N.Cl. The summed E-state index contributed by atoms with van der Waals surface area (Å²) < 4.78 is 0. The van der Waals surface area contributed by atoms with Crippen LogP contribution in [0.5, 0.6) is 0 Å². The molecule has 1 aliphatic heterocycles. The lowest BCUT2D eigenvalue weighted by Crippen LogP contribution is -2.52. The topological polar surface area (TPSA) is 99.4 Å². The molecule has 2 aromatic rings. The Hall–Kier alpha value is -2.05. The van der Waals surface area contributed by atoms with Gasteiger partial charge >= 0.3 is 5.97 Å². The van der Waals surface area contributed by atoms with Crippen LogP contribution >= 0.6 is 12.4 Å². The maximum atomic E-state index is 12.2. The minimum atomic E-state index is -1.22. The number of aromatic nitrogens is 1.